The van der Waals surface area contributed by atoms with Crippen molar-refractivity contribution in [2.75, 3.05) is 11.1 Å². The molecule has 1 aromatic carbocycles. The second-order valence-corrected chi connectivity index (χ2v) is 8.28. The van der Waals surface area contributed by atoms with Crippen molar-refractivity contribution in [1.29, 1.82) is 0 Å². The van der Waals surface area contributed by atoms with Crippen LogP contribution in [0.4, 0.5) is 11.4 Å². The number of hydrogen-bond donors (Lipinski definition) is 4. The molecule has 0 spiro atoms. The van der Waals surface area contributed by atoms with Crippen molar-refractivity contribution < 1.29 is 23.7 Å². The molecule has 0 aliphatic rings. The highest BCUT2D eigenvalue weighted by molar-refractivity contribution is 7.46. The van der Waals surface area contributed by atoms with E-state index in [4.69, 9.17) is 10.3 Å². The Morgan fingerprint density at radius 2 is 2.00 bits per heavy atom. The second kappa shape index (κ2) is 7.68. The summed E-state index contributed by atoms with van der Waals surface area (Å²) in [6.07, 6.45) is 3.01. The third kappa shape index (κ3) is 5.53. The van der Waals surface area contributed by atoms with Crippen molar-refractivity contribution in [3.8, 4) is 5.75 Å². The highest BCUT2D eigenvalue weighted by Crippen LogP contribution is 2.45. The number of nitrogens with zero attached hydrogens (tertiary/aromatic N) is 1. The quantitative estimate of drug-likeness (QED) is 0.554. The summed E-state index contributed by atoms with van der Waals surface area (Å²) in [5.74, 6) is -0.200. The van der Waals surface area contributed by atoms with E-state index in [-0.39, 0.29) is 18.1 Å². The Hall–Kier alpha value is -2.41. The van der Waals surface area contributed by atoms with Gasteiger partial charge in [0, 0.05) is 23.6 Å². The number of aryl methyl sites for hydroxylation is 2. The predicted molar refractivity (Wildman–Crippen MR) is 104 cm³/mol. The van der Waals surface area contributed by atoms with Crippen LogP contribution >= 0.6 is 7.82 Å². The first-order valence-electron chi connectivity index (χ1n) is 8.25. The first-order valence-corrected chi connectivity index (χ1v) is 9.78. The minimum atomic E-state index is -4.75. The Morgan fingerprint density at radius 1 is 1.33 bits per heavy atom. The third-order valence-corrected chi connectivity index (χ3v) is 4.51. The molecule has 0 saturated carbocycles. The lowest BCUT2D eigenvalue weighted by molar-refractivity contribution is -0.117. The maximum absolute atomic E-state index is 12.5. The van der Waals surface area contributed by atoms with Crippen LogP contribution in [0, 0.1) is 13.8 Å². The Bertz CT molecular complexity index is 908. The summed E-state index contributed by atoms with van der Waals surface area (Å²) >= 11 is 0. The number of benzene rings is 1. The minimum absolute atomic E-state index is 0.0508. The topological polar surface area (TPSA) is 135 Å². The van der Waals surface area contributed by atoms with Gasteiger partial charge in [-0.2, -0.15) is 0 Å². The molecule has 0 fully saturated rings. The number of anilines is 2. The SMILES string of the molecule is Cc1cc(C)c(OP(=O)(O)O)c(C(C)(C)CC(=O)Nc2ccncc2N)c1. The van der Waals surface area contributed by atoms with E-state index in [1.54, 1.807) is 25.1 Å². The lowest BCUT2D eigenvalue weighted by atomic mass is 9.79. The van der Waals surface area contributed by atoms with Crippen molar-refractivity contribution in [1.82, 2.24) is 4.98 Å². The molecule has 5 N–H and O–H groups in total. The molecule has 2 rings (SSSR count). The zero-order valence-electron chi connectivity index (χ0n) is 15.7. The van der Waals surface area contributed by atoms with Gasteiger partial charge >= 0.3 is 7.82 Å². The summed E-state index contributed by atoms with van der Waals surface area (Å²) in [7, 11) is -4.75. The number of carbonyl (C=O) groups excluding carboxylic acids is 1. The Morgan fingerprint density at radius 3 is 2.59 bits per heavy atom. The summed E-state index contributed by atoms with van der Waals surface area (Å²) < 4.78 is 16.3. The van der Waals surface area contributed by atoms with Crippen LogP contribution in [0.15, 0.2) is 30.6 Å². The highest BCUT2D eigenvalue weighted by Gasteiger charge is 2.31. The molecule has 0 aliphatic heterocycles. The van der Waals surface area contributed by atoms with Gasteiger partial charge in [0.2, 0.25) is 5.91 Å². The number of rotatable bonds is 6. The van der Waals surface area contributed by atoms with Crippen LogP contribution in [-0.4, -0.2) is 20.7 Å². The van der Waals surface area contributed by atoms with Gasteiger partial charge < -0.3 is 15.6 Å². The fraction of sp³-hybridized carbons (Fsp3) is 0.333. The van der Waals surface area contributed by atoms with E-state index in [2.05, 4.69) is 10.3 Å². The Balaban J connectivity index is 2.33. The lowest BCUT2D eigenvalue weighted by Crippen LogP contribution is -2.27. The minimum Gasteiger partial charge on any atom is -0.404 e. The average Bonchev–Trinajstić information content (AvgIpc) is 2.50. The number of phosphoric acid groups is 1. The van der Waals surface area contributed by atoms with Gasteiger partial charge in [0.1, 0.15) is 5.75 Å². The van der Waals surface area contributed by atoms with E-state index < -0.39 is 13.2 Å². The maximum Gasteiger partial charge on any atom is 0.524 e. The molecule has 0 saturated heterocycles. The van der Waals surface area contributed by atoms with Gasteiger partial charge in [0.25, 0.3) is 0 Å². The Kier molecular flexibility index (Phi) is 5.94. The highest BCUT2D eigenvalue weighted by atomic mass is 31.2. The molecule has 1 amide bonds. The van der Waals surface area contributed by atoms with Crippen LogP contribution in [0.2, 0.25) is 0 Å². The van der Waals surface area contributed by atoms with E-state index in [1.165, 1.54) is 12.4 Å². The number of nitrogens with one attached hydrogen (secondary N) is 1. The number of phosphoric ester groups is 1. The van der Waals surface area contributed by atoms with Crippen LogP contribution in [0.25, 0.3) is 0 Å². The monoisotopic (exact) mass is 393 g/mol. The summed E-state index contributed by atoms with van der Waals surface area (Å²) in [6, 6.07) is 5.13. The summed E-state index contributed by atoms with van der Waals surface area (Å²) in [6.45, 7) is 7.19. The van der Waals surface area contributed by atoms with Crippen LogP contribution < -0.4 is 15.6 Å². The van der Waals surface area contributed by atoms with Gasteiger partial charge in [0.15, 0.2) is 0 Å². The average molecular weight is 393 g/mol. The van der Waals surface area contributed by atoms with Crippen molar-refractivity contribution in [2.45, 2.75) is 39.5 Å². The van der Waals surface area contributed by atoms with Crippen LogP contribution in [0.1, 0.15) is 37.0 Å². The standard InChI is InChI=1S/C18H24N3O5P/c1-11-7-12(2)17(26-27(23,24)25)13(8-11)18(3,4)9-16(22)21-15-5-6-20-10-14(15)19/h5-8,10H,9,19H2,1-4H3,(H,20,21,22)(H2,23,24,25). The summed E-state index contributed by atoms with van der Waals surface area (Å²) in [5.41, 5.74) is 7.86. The largest absolute Gasteiger partial charge is 0.524 e. The molecular formula is C18H24N3O5P. The molecule has 27 heavy (non-hydrogen) atoms. The van der Waals surface area contributed by atoms with Gasteiger partial charge in [0.05, 0.1) is 17.6 Å². The molecule has 0 atom stereocenters. The van der Waals surface area contributed by atoms with Crippen LogP contribution in [-0.2, 0) is 14.8 Å². The number of pyridine rings is 1. The number of carbonyl (C=O) groups is 1. The summed E-state index contributed by atoms with van der Waals surface area (Å²) in [4.78, 5) is 34.9. The molecule has 1 heterocycles. The van der Waals surface area contributed by atoms with Crippen LogP contribution in [0.5, 0.6) is 5.75 Å². The van der Waals surface area contributed by atoms with E-state index in [0.717, 1.165) is 5.56 Å². The fourth-order valence-corrected chi connectivity index (χ4v) is 3.39. The normalized spacial score (nSPS) is 11.9. The van der Waals surface area contributed by atoms with E-state index in [9.17, 15) is 19.1 Å². The smallest absolute Gasteiger partial charge is 0.404 e. The predicted octanol–water partition coefficient (Wildman–Crippen LogP) is 3.06. The molecule has 0 aliphatic carbocycles. The molecule has 0 radical (unpaired) electrons. The molecule has 0 bridgehead atoms. The number of aromatic nitrogens is 1. The van der Waals surface area contributed by atoms with Gasteiger partial charge in [-0.3, -0.25) is 19.6 Å². The van der Waals surface area contributed by atoms with E-state index in [1.807, 2.05) is 20.8 Å². The number of amides is 1. The number of nitrogen functional groups attached to an aromatic ring is 1. The number of nitrogens with two attached hydrogens (primary N) is 1. The molecule has 0 unspecified atom stereocenters. The first kappa shape index (κ1) is 20.9. The molecule has 1 aromatic heterocycles. The fourth-order valence-electron chi connectivity index (χ4n) is 2.91. The number of hydrogen-bond acceptors (Lipinski definition) is 5. The van der Waals surface area contributed by atoms with Gasteiger partial charge in [-0.25, -0.2) is 4.57 Å². The molecular weight excluding hydrogens is 369 g/mol. The third-order valence-electron chi connectivity index (χ3n) is 4.09. The molecule has 9 heteroatoms. The van der Waals surface area contributed by atoms with E-state index in [0.29, 0.717) is 22.5 Å². The zero-order valence-corrected chi connectivity index (χ0v) is 16.6. The Labute approximate surface area is 158 Å². The molecule has 146 valence electrons. The molecule has 2 aromatic rings. The molecule has 8 nitrogen and oxygen atoms in total. The lowest BCUT2D eigenvalue weighted by Gasteiger charge is -2.28. The van der Waals surface area contributed by atoms with Gasteiger partial charge in [-0.15, -0.1) is 0 Å². The maximum atomic E-state index is 12.5. The summed E-state index contributed by atoms with van der Waals surface area (Å²) in [5, 5.41) is 2.73. The second-order valence-electron chi connectivity index (χ2n) is 7.11. The van der Waals surface area contributed by atoms with E-state index >= 15 is 0 Å². The zero-order chi connectivity index (χ0) is 20.4. The van der Waals surface area contributed by atoms with Crippen molar-refractivity contribution in [3.05, 3.63) is 47.3 Å². The van der Waals surface area contributed by atoms with Crippen molar-refractivity contribution in [3.63, 3.8) is 0 Å². The first-order chi connectivity index (χ1) is 12.4. The van der Waals surface area contributed by atoms with Crippen molar-refractivity contribution >= 4 is 25.1 Å². The van der Waals surface area contributed by atoms with Gasteiger partial charge in [-0.1, -0.05) is 31.5 Å². The van der Waals surface area contributed by atoms with Crippen LogP contribution in [0.3, 0.4) is 0 Å². The van der Waals surface area contributed by atoms with Gasteiger partial charge in [-0.05, 0) is 25.5 Å². The van der Waals surface area contributed by atoms with Crippen molar-refractivity contribution in [2.24, 2.45) is 0 Å².